The number of thiazole rings is 1. The van der Waals surface area contributed by atoms with Crippen LogP contribution in [0.15, 0.2) is 35.7 Å². The van der Waals surface area contributed by atoms with Gasteiger partial charge in [0.15, 0.2) is 10.9 Å². The van der Waals surface area contributed by atoms with Gasteiger partial charge in [-0.05, 0) is 31.2 Å². The summed E-state index contributed by atoms with van der Waals surface area (Å²) in [5.41, 5.74) is 0.861. The third-order valence-corrected chi connectivity index (χ3v) is 4.09. The second-order valence-corrected chi connectivity index (χ2v) is 5.66. The van der Waals surface area contributed by atoms with Crippen LogP contribution in [0.3, 0.4) is 0 Å². The minimum Gasteiger partial charge on any atom is -0.289 e. The van der Waals surface area contributed by atoms with Crippen molar-refractivity contribution in [3.05, 3.63) is 57.1 Å². The van der Waals surface area contributed by atoms with Crippen LogP contribution in [0.4, 0.5) is 10.8 Å². The van der Waals surface area contributed by atoms with Gasteiger partial charge in [-0.2, -0.15) is 0 Å². The molecule has 0 saturated carbocycles. The summed E-state index contributed by atoms with van der Waals surface area (Å²) in [4.78, 5) is 39.5. The van der Waals surface area contributed by atoms with Gasteiger partial charge in [-0.3, -0.25) is 24.6 Å². The first-order chi connectivity index (χ1) is 11.4. The quantitative estimate of drug-likeness (QED) is 0.346. The molecule has 2 rings (SSSR count). The molecule has 1 amide bonds. The van der Waals surface area contributed by atoms with E-state index in [9.17, 15) is 19.7 Å². The summed E-state index contributed by atoms with van der Waals surface area (Å²) in [5, 5.41) is 12.9. The van der Waals surface area contributed by atoms with Gasteiger partial charge in [-0.15, -0.1) is 11.3 Å². The highest BCUT2D eigenvalue weighted by molar-refractivity contribution is 7.14. The Morgan fingerprint density at radius 2 is 2.00 bits per heavy atom. The van der Waals surface area contributed by atoms with Crippen LogP contribution in [0.5, 0.6) is 0 Å². The molecule has 0 spiro atoms. The van der Waals surface area contributed by atoms with E-state index in [0.717, 1.165) is 0 Å². The van der Waals surface area contributed by atoms with Gasteiger partial charge < -0.3 is 0 Å². The second-order valence-electron chi connectivity index (χ2n) is 4.82. The minimum absolute atomic E-state index is 0.0661. The fraction of sp³-hybridized carbons (Fsp3) is 0.188. The smallest absolute Gasteiger partial charge is 0.269 e. The third-order valence-electron chi connectivity index (χ3n) is 3.21. The Kier molecular flexibility index (Phi) is 5.54. The third kappa shape index (κ3) is 4.11. The Bertz CT molecular complexity index is 796. The van der Waals surface area contributed by atoms with Gasteiger partial charge in [0.05, 0.1) is 10.6 Å². The fourth-order valence-corrected chi connectivity index (χ4v) is 2.87. The number of ketones is 1. The van der Waals surface area contributed by atoms with E-state index in [0.29, 0.717) is 22.9 Å². The number of carbonyl (C=O) groups is 2. The zero-order valence-electron chi connectivity index (χ0n) is 13.1. The van der Waals surface area contributed by atoms with Crippen LogP contribution < -0.4 is 4.90 Å². The first kappa shape index (κ1) is 17.5. The van der Waals surface area contributed by atoms with Gasteiger partial charge in [0, 0.05) is 36.5 Å². The largest absolute Gasteiger partial charge is 0.289 e. The number of non-ortho nitro benzene ring substituents is 1. The molecule has 0 aliphatic rings. The summed E-state index contributed by atoms with van der Waals surface area (Å²) in [6, 6.07) is 5.39. The molecule has 0 saturated heterocycles. The van der Waals surface area contributed by atoms with Crippen LogP contribution in [-0.4, -0.2) is 28.1 Å². The number of anilines is 1. The molecule has 1 heterocycles. The monoisotopic (exact) mass is 345 g/mol. The number of rotatable bonds is 6. The molecule has 2 aromatic rings. The number of carbonyl (C=O) groups excluding carboxylic acids is 2. The Balaban J connectivity index is 2.10. The Morgan fingerprint density at radius 1 is 1.33 bits per heavy atom. The second kappa shape index (κ2) is 7.60. The Morgan fingerprint density at radius 3 is 2.54 bits per heavy atom. The summed E-state index contributed by atoms with van der Waals surface area (Å²) >= 11 is 1.32. The number of nitro groups is 1. The van der Waals surface area contributed by atoms with Crippen molar-refractivity contribution < 1.29 is 14.5 Å². The number of amides is 1. The lowest BCUT2D eigenvalue weighted by Crippen LogP contribution is -2.27. The number of allylic oxidation sites excluding steroid dienone is 1. The Labute approximate surface area is 142 Å². The maximum atomic E-state index is 12.1. The zero-order valence-corrected chi connectivity index (χ0v) is 13.9. The van der Waals surface area contributed by atoms with Gasteiger partial charge in [-0.25, -0.2) is 4.98 Å². The lowest BCUT2D eigenvalue weighted by molar-refractivity contribution is -0.384. The molecular weight excluding hydrogens is 330 g/mol. The fourth-order valence-electron chi connectivity index (χ4n) is 1.97. The first-order valence-electron chi connectivity index (χ1n) is 7.13. The van der Waals surface area contributed by atoms with E-state index in [1.54, 1.807) is 16.4 Å². The molecule has 1 aromatic heterocycles. The summed E-state index contributed by atoms with van der Waals surface area (Å²) < 4.78 is 0. The lowest BCUT2D eigenvalue weighted by Gasteiger charge is -2.14. The highest BCUT2D eigenvalue weighted by Crippen LogP contribution is 2.21. The summed E-state index contributed by atoms with van der Waals surface area (Å²) in [6.07, 6.45) is 2.90. The molecule has 24 heavy (non-hydrogen) atoms. The van der Waals surface area contributed by atoms with Crippen molar-refractivity contribution in [3.63, 3.8) is 0 Å². The van der Waals surface area contributed by atoms with Crippen molar-refractivity contribution in [2.24, 2.45) is 0 Å². The molecule has 7 nitrogen and oxygen atoms in total. The van der Waals surface area contributed by atoms with Crippen molar-refractivity contribution in [2.75, 3.05) is 11.4 Å². The number of nitro benzene ring substituents is 1. The number of nitrogens with zero attached hydrogens (tertiary/aromatic N) is 3. The van der Waals surface area contributed by atoms with Crippen molar-refractivity contribution in [3.8, 4) is 0 Å². The lowest BCUT2D eigenvalue weighted by atomic mass is 10.1. The highest BCUT2D eigenvalue weighted by Gasteiger charge is 2.13. The topological polar surface area (TPSA) is 93.4 Å². The average Bonchev–Trinajstić information content (AvgIpc) is 3.01. The number of benzene rings is 1. The highest BCUT2D eigenvalue weighted by atomic mass is 32.1. The molecular formula is C16H15N3O4S. The van der Waals surface area contributed by atoms with Crippen molar-refractivity contribution in [1.29, 1.82) is 0 Å². The predicted octanol–water partition coefficient (Wildman–Crippen LogP) is 3.32. The van der Waals surface area contributed by atoms with E-state index in [2.05, 4.69) is 4.98 Å². The summed E-state index contributed by atoms with van der Waals surface area (Å²) in [7, 11) is 0. The molecule has 0 bridgehead atoms. The molecule has 0 atom stereocenters. The number of hydrogen-bond acceptors (Lipinski definition) is 6. The van der Waals surface area contributed by atoms with E-state index in [1.165, 1.54) is 48.6 Å². The molecule has 0 aliphatic carbocycles. The van der Waals surface area contributed by atoms with E-state index in [4.69, 9.17) is 0 Å². The maximum Gasteiger partial charge on any atom is 0.269 e. The molecule has 0 N–H and O–H groups in total. The molecule has 0 aliphatic heterocycles. The SMILES string of the molecule is CCN(C(C)=O)c1nc(/C=C/C(=O)c2ccc([N+](=O)[O-])cc2)cs1. The predicted molar refractivity (Wildman–Crippen MR) is 92.3 cm³/mol. The van der Waals surface area contributed by atoms with Crippen LogP contribution in [0.25, 0.3) is 6.08 Å². The Hall–Kier alpha value is -2.87. The number of hydrogen-bond donors (Lipinski definition) is 0. The van der Waals surface area contributed by atoms with Gasteiger partial charge in [0.25, 0.3) is 5.69 Å². The molecule has 1 aromatic carbocycles. The molecule has 0 radical (unpaired) electrons. The van der Waals surface area contributed by atoms with E-state index >= 15 is 0 Å². The first-order valence-corrected chi connectivity index (χ1v) is 8.00. The zero-order chi connectivity index (χ0) is 17.7. The average molecular weight is 345 g/mol. The van der Waals surface area contributed by atoms with Gasteiger partial charge in [0.1, 0.15) is 0 Å². The van der Waals surface area contributed by atoms with Crippen LogP contribution in [0.1, 0.15) is 29.9 Å². The van der Waals surface area contributed by atoms with Crippen molar-refractivity contribution in [1.82, 2.24) is 4.98 Å². The van der Waals surface area contributed by atoms with E-state index in [1.807, 2.05) is 6.92 Å². The van der Waals surface area contributed by atoms with Crippen LogP contribution in [0, 0.1) is 10.1 Å². The minimum atomic E-state index is -0.518. The molecule has 8 heteroatoms. The van der Waals surface area contributed by atoms with Gasteiger partial charge in [0.2, 0.25) is 5.91 Å². The molecule has 0 fully saturated rings. The maximum absolute atomic E-state index is 12.1. The van der Waals surface area contributed by atoms with Crippen LogP contribution >= 0.6 is 11.3 Å². The number of aromatic nitrogens is 1. The standard InChI is InChI=1S/C16H15N3O4S/c1-3-18(11(2)20)16-17-13(10-24-16)6-9-15(21)12-4-7-14(8-5-12)19(22)23/h4-10H,3H2,1-2H3/b9-6+. The van der Waals surface area contributed by atoms with Crippen LogP contribution in [-0.2, 0) is 4.79 Å². The van der Waals surface area contributed by atoms with Crippen molar-refractivity contribution >= 4 is 39.9 Å². The van der Waals surface area contributed by atoms with Gasteiger partial charge in [-0.1, -0.05) is 0 Å². The summed E-state index contributed by atoms with van der Waals surface area (Å²) in [5.74, 6) is -0.373. The molecule has 124 valence electrons. The molecule has 0 unspecified atom stereocenters. The van der Waals surface area contributed by atoms with E-state index in [-0.39, 0.29) is 17.4 Å². The van der Waals surface area contributed by atoms with Crippen molar-refractivity contribution in [2.45, 2.75) is 13.8 Å². The van der Waals surface area contributed by atoms with Gasteiger partial charge >= 0.3 is 0 Å². The summed E-state index contributed by atoms with van der Waals surface area (Å²) in [6.45, 7) is 3.85. The van der Waals surface area contributed by atoms with E-state index < -0.39 is 4.92 Å². The van der Waals surface area contributed by atoms with Crippen LogP contribution in [0.2, 0.25) is 0 Å². The normalized spacial score (nSPS) is 10.8.